The average Bonchev–Trinajstić information content (AvgIpc) is 2.40. The van der Waals surface area contributed by atoms with E-state index in [0.29, 0.717) is 12.0 Å². The van der Waals surface area contributed by atoms with Crippen LogP contribution in [0.5, 0.6) is 0 Å². The van der Waals surface area contributed by atoms with E-state index in [-0.39, 0.29) is 5.82 Å². The second-order valence-corrected chi connectivity index (χ2v) is 6.51. The van der Waals surface area contributed by atoms with Gasteiger partial charge in [0.15, 0.2) is 0 Å². The molecule has 1 aliphatic heterocycles. The maximum atomic E-state index is 14.3. The van der Waals surface area contributed by atoms with E-state index in [1.807, 2.05) is 12.1 Å². The van der Waals surface area contributed by atoms with Crippen LogP contribution < -0.4 is 10.2 Å². The first kappa shape index (κ1) is 15.3. The fourth-order valence-corrected chi connectivity index (χ4v) is 2.72. The van der Waals surface area contributed by atoms with Crippen LogP contribution in [0.2, 0.25) is 0 Å². The minimum absolute atomic E-state index is 0.0881. The molecule has 1 aliphatic rings. The van der Waals surface area contributed by atoms with Crippen LogP contribution in [0.4, 0.5) is 10.1 Å². The Hall–Kier alpha value is -1.09. The molecule has 0 aromatic heterocycles. The first-order chi connectivity index (χ1) is 9.47. The lowest BCUT2D eigenvalue weighted by Gasteiger charge is -2.37. The predicted octanol–water partition coefficient (Wildman–Crippen LogP) is 3.81. The summed E-state index contributed by atoms with van der Waals surface area (Å²) in [5.74, 6) is 1.28. The maximum Gasteiger partial charge on any atom is 0.146 e. The number of benzene rings is 1. The first-order valence-corrected chi connectivity index (χ1v) is 7.74. The van der Waals surface area contributed by atoms with Gasteiger partial charge in [-0.3, -0.25) is 0 Å². The molecule has 112 valence electrons. The summed E-state index contributed by atoms with van der Waals surface area (Å²) in [7, 11) is 0. The summed E-state index contributed by atoms with van der Waals surface area (Å²) in [6.45, 7) is 11.4. The van der Waals surface area contributed by atoms with E-state index in [1.54, 1.807) is 6.07 Å². The monoisotopic (exact) mass is 278 g/mol. The van der Waals surface area contributed by atoms with E-state index >= 15 is 0 Å². The van der Waals surface area contributed by atoms with Crippen molar-refractivity contribution in [3.8, 4) is 0 Å². The van der Waals surface area contributed by atoms with Gasteiger partial charge in [-0.15, -0.1) is 0 Å². The molecule has 2 atom stereocenters. The lowest BCUT2D eigenvalue weighted by Crippen LogP contribution is -2.38. The zero-order valence-corrected chi connectivity index (χ0v) is 13.1. The summed E-state index contributed by atoms with van der Waals surface area (Å²) in [5, 5.41) is 3.32. The molecule has 2 nitrogen and oxygen atoms in total. The molecule has 1 aromatic carbocycles. The van der Waals surface area contributed by atoms with Crippen molar-refractivity contribution in [2.24, 2.45) is 11.8 Å². The third kappa shape index (κ3) is 3.72. The van der Waals surface area contributed by atoms with Gasteiger partial charge in [-0.25, -0.2) is 4.39 Å². The van der Waals surface area contributed by atoms with Gasteiger partial charge in [-0.2, -0.15) is 0 Å². The van der Waals surface area contributed by atoms with Crippen LogP contribution in [-0.2, 0) is 6.54 Å². The van der Waals surface area contributed by atoms with Crippen LogP contribution in [0.3, 0.4) is 0 Å². The van der Waals surface area contributed by atoms with Gasteiger partial charge in [0.05, 0.1) is 5.69 Å². The van der Waals surface area contributed by atoms with E-state index in [4.69, 9.17) is 0 Å². The van der Waals surface area contributed by atoms with Gasteiger partial charge < -0.3 is 10.2 Å². The van der Waals surface area contributed by atoms with Crippen molar-refractivity contribution in [3.63, 3.8) is 0 Å². The molecule has 0 bridgehead atoms. The average molecular weight is 278 g/mol. The fraction of sp³-hybridized carbons (Fsp3) is 0.647. The Morgan fingerprint density at radius 2 is 2.05 bits per heavy atom. The van der Waals surface area contributed by atoms with Crippen LogP contribution in [0.1, 0.15) is 39.7 Å². The second-order valence-electron chi connectivity index (χ2n) is 6.51. The summed E-state index contributed by atoms with van der Waals surface area (Å²) >= 11 is 0. The highest BCUT2D eigenvalue weighted by Gasteiger charge is 2.24. The van der Waals surface area contributed by atoms with Gasteiger partial charge >= 0.3 is 0 Å². The normalized spacial score (nSPS) is 23.4. The topological polar surface area (TPSA) is 15.3 Å². The van der Waals surface area contributed by atoms with Crippen LogP contribution in [-0.4, -0.2) is 19.1 Å². The fourth-order valence-electron chi connectivity index (χ4n) is 2.72. The number of hydrogen-bond donors (Lipinski definition) is 1. The number of hydrogen-bond acceptors (Lipinski definition) is 2. The molecule has 1 saturated heterocycles. The largest absolute Gasteiger partial charge is 0.369 e. The number of anilines is 1. The highest BCUT2D eigenvalue weighted by Crippen LogP contribution is 2.29. The van der Waals surface area contributed by atoms with E-state index in [0.717, 1.165) is 43.2 Å². The smallest absolute Gasteiger partial charge is 0.146 e. The summed E-state index contributed by atoms with van der Waals surface area (Å²) in [6.07, 6.45) is 1.15. The van der Waals surface area contributed by atoms with E-state index in [9.17, 15) is 4.39 Å². The van der Waals surface area contributed by atoms with Gasteiger partial charge in [-0.05, 0) is 36.0 Å². The van der Waals surface area contributed by atoms with Crippen molar-refractivity contribution in [1.82, 2.24) is 5.32 Å². The van der Waals surface area contributed by atoms with Crippen LogP contribution in [0.15, 0.2) is 18.2 Å². The highest BCUT2D eigenvalue weighted by atomic mass is 19.1. The van der Waals surface area contributed by atoms with Crippen LogP contribution in [0.25, 0.3) is 0 Å². The van der Waals surface area contributed by atoms with Gasteiger partial charge in [-0.1, -0.05) is 33.8 Å². The minimum Gasteiger partial charge on any atom is -0.369 e. The molecule has 0 radical (unpaired) electrons. The molecule has 1 N–H and O–H groups in total. The molecule has 1 fully saturated rings. The zero-order valence-electron chi connectivity index (χ0n) is 13.1. The second kappa shape index (κ2) is 6.57. The van der Waals surface area contributed by atoms with Gasteiger partial charge in [0.25, 0.3) is 0 Å². The molecule has 3 heteroatoms. The van der Waals surface area contributed by atoms with Crippen molar-refractivity contribution in [2.75, 3.05) is 18.0 Å². The number of nitrogens with zero attached hydrogens (tertiary/aromatic N) is 1. The van der Waals surface area contributed by atoms with E-state index in [2.05, 4.69) is 37.9 Å². The standard InChI is InChI=1S/C17H27FN2/c1-12(2)19-10-15-5-6-17(16(18)9-15)20-8-7-13(3)14(4)11-20/h5-6,9,12-14,19H,7-8,10-11H2,1-4H3. The molecular formula is C17H27FN2. The Kier molecular flexibility index (Phi) is 5.03. The summed E-state index contributed by atoms with van der Waals surface area (Å²) in [6, 6.07) is 6.07. The highest BCUT2D eigenvalue weighted by molar-refractivity contribution is 5.49. The Morgan fingerprint density at radius 3 is 2.65 bits per heavy atom. The third-order valence-corrected chi connectivity index (χ3v) is 4.40. The van der Waals surface area contributed by atoms with Crippen LogP contribution >= 0.6 is 0 Å². The number of piperidine rings is 1. The van der Waals surface area contributed by atoms with Crippen molar-refractivity contribution in [3.05, 3.63) is 29.6 Å². The molecular weight excluding hydrogens is 251 g/mol. The Labute approximate surface area is 122 Å². The van der Waals surface area contributed by atoms with Crippen molar-refractivity contribution in [2.45, 2.75) is 46.7 Å². The van der Waals surface area contributed by atoms with Crippen molar-refractivity contribution >= 4 is 5.69 Å². The van der Waals surface area contributed by atoms with Crippen molar-refractivity contribution in [1.29, 1.82) is 0 Å². The van der Waals surface area contributed by atoms with Gasteiger partial charge in [0.1, 0.15) is 5.82 Å². The Bertz CT molecular complexity index is 445. The predicted molar refractivity (Wildman–Crippen MR) is 83.5 cm³/mol. The number of nitrogens with one attached hydrogen (secondary N) is 1. The van der Waals surface area contributed by atoms with E-state index < -0.39 is 0 Å². The molecule has 0 saturated carbocycles. The maximum absolute atomic E-state index is 14.3. The zero-order chi connectivity index (χ0) is 14.7. The lowest BCUT2D eigenvalue weighted by molar-refractivity contribution is 0.322. The summed E-state index contributed by atoms with van der Waals surface area (Å²) in [5.41, 5.74) is 1.77. The number of halogens is 1. The third-order valence-electron chi connectivity index (χ3n) is 4.40. The Balaban J connectivity index is 2.06. The summed E-state index contributed by atoms with van der Waals surface area (Å²) < 4.78 is 14.3. The molecule has 0 aliphatic carbocycles. The molecule has 2 rings (SSSR count). The van der Waals surface area contributed by atoms with Crippen molar-refractivity contribution < 1.29 is 4.39 Å². The quantitative estimate of drug-likeness (QED) is 0.901. The van der Waals surface area contributed by atoms with Crippen LogP contribution in [0, 0.1) is 17.7 Å². The Morgan fingerprint density at radius 1 is 1.30 bits per heavy atom. The first-order valence-electron chi connectivity index (χ1n) is 7.74. The molecule has 1 heterocycles. The molecule has 1 aromatic rings. The molecule has 0 spiro atoms. The van der Waals surface area contributed by atoms with Gasteiger partial charge in [0.2, 0.25) is 0 Å². The van der Waals surface area contributed by atoms with Gasteiger partial charge in [0, 0.05) is 25.7 Å². The molecule has 0 amide bonds. The lowest BCUT2D eigenvalue weighted by atomic mass is 9.88. The number of rotatable bonds is 4. The molecule has 2 unspecified atom stereocenters. The SMILES string of the molecule is CC(C)NCc1ccc(N2CCC(C)C(C)C2)c(F)c1. The minimum atomic E-state index is -0.0881. The molecule has 20 heavy (non-hydrogen) atoms. The summed E-state index contributed by atoms with van der Waals surface area (Å²) in [4.78, 5) is 2.19. The van der Waals surface area contributed by atoms with E-state index in [1.165, 1.54) is 0 Å².